The van der Waals surface area contributed by atoms with Crippen molar-refractivity contribution in [1.82, 2.24) is 15.4 Å². The summed E-state index contributed by atoms with van der Waals surface area (Å²) < 4.78 is 0. The van der Waals surface area contributed by atoms with Crippen molar-refractivity contribution >= 4 is 41.3 Å². The van der Waals surface area contributed by atoms with Crippen LogP contribution >= 0.6 is 11.6 Å². The number of aliphatic carboxylic acids is 1. The summed E-state index contributed by atoms with van der Waals surface area (Å²) in [6.45, 7) is 3.58. The van der Waals surface area contributed by atoms with Crippen molar-refractivity contribution < 1.29 is 19.5 Å². The first-order valence-electron chi connectivity index (χ1n) is 5.64. The van der Waals surface area contributed by atoms with Crippen molar-refractivity contribution in [2.45, 2.75) is 0 Å². The summed E-state index contributed by atoms with van der Waals surface area (Å²) >= 11 is 6.10. The second-order valence-corrected chi connectivity index (χ2v) is 4.19. The SMILES string of the molecule is C=Cc1c(NC)ncc(C(=O)N(C)NC(=O)C(=O)O)c1Cl. The van der Waals surface area contributed by atoms with E-state index in [4.69, 9.17) is 16.7 Å². The summed E-state index contributed by atoms with van der Waals surface area (Å²) in [6, 6.07) is 0. The van der Waals surface area contributed by atoms with E-state index in [9.17, 15) is 14.4 Å². The molecule has 0 radical (unpaired) electrons. The lowest BCUT2D eigenvalue weighted by Crippen LogP contribution is -2.46. The average Bonchev–Trinajstić information content (AvgIpc) is 2.45. The number of pyridine rings is 1. The standard InChI is InChI=1S/C12H13ClN4O4/c1-4-6-8(13)7(5-15-9(6)14-2)11(19)17(3)16-10(18)12(20)21/h4-5H,1H2,2-3H3,(H,14,15)(H,16,18)(H,20,21). The lowest BCUT2D eigenvalue weighted by Gasteiger charge is -2.18. The molecule has 0 aliphatic heterocycles. The number of amides is 2. The van der Waals surface area contributed by atoms with Crippen molar-refractivity contribution in [3.63, 3.8) is 0 Å². The minimum Gasteiger partial charge on any atom is -0.474 e. The third-order valence-electron chi connectivity index (χ3n) is 2.49. The highest BCUT2D eigenvalue weighted by Crippen LogP contribution is 2.27. The van der Waals surface area contributed by atoms with Gasteiger partial charge in [0.15, 0.2) is 0 Å². The lowest BCUT2D eigenvalue weighted by atomic mass is 10.1. The van der Waals surface area contributed by atoms with E-state index < -0.39 is 17.8 Å². The first-order chi connectivity index (χ1) is 9.83. The highest BCUT2D eigenvalue weighted by Gasteiger charge is 2.22. The van der Waals surface area contributed by atoms with Crippen LogP contribution in [0.2, 0.25) is 5.02 Å². The Balaban J connectivity index is 3.11. The van der Waals surface area contributed by atoms with Gasteiger partial charge in [-0.3, -0.25) is 20.0 Å². The normalized spacial score (nSPS) is 9.67. The van der Waals surface area contributed by atoms with E-state index in [1.807, 2.05) is 5.43 Å². The van der Waals surface area contributed by atoms with Gasteiger partial charge < -0.3 is 10.4 Å². The minimum absolute atomic E-state index is 0.00115. The van der Waals surface area contributed by atoms with Crippen LogP contribution in [-0.4, -0.2) is 47.0 Å². The molecule has 0 atom stereocenters. The van der Waals surface area contributed by atoms with Crippen molar-refractivity contribution in [2.24, 2.45) is 0 Å². The van der Waals surface area contributed by atoms with E-state index in [2.05, 4.69) is 16.9 Å². The van der Waals surface area contributed by atoms with E-state index in [1.54, 1.807) is 7.05 Å². The van der Waals surface area contributed by atoms with Crippen LogP contribution in [0.15, 0.2) is 12.8 Å². The molecule has 1 aromatic heterocycles. The van der Waals surface area contributed by atoms with E-state index in [0.29, 0.717) is 16.4 Å². The van der Waals surface area contributed by atoms with E-state index in [1.165, 1.54) is 19.3 Å². The molecule has 0 saturated carbocycles. The van der Waals surface area contributed by atoms with Gasteiger partial charge in [0.1, 0.15) is 5.82 Å². The number of carbonyl (C=O) groups is 3. The van der Waals surface area contributed by atoms with Gasteiger partial charge in [0.2, 0.25) is 0 Å². The molecule has 0 spiro atoms. The maximum Gasteiger partial charge on any atom is 0.396 e. The van der Waals surface area contributed by atoms with Crippen LogP contribution in [0.3, 0.4) is 0 Å². The first kappa shape index (κ1) is 16.4. The number of nitrogens with zero attached hydrogens (tertiary/aromatic N) is 2. The van der Waals surface area contributed by atoms with Gasteiger partial charge in [-0.2, -0.15) is 0 Å². The smallest absolute Gasteiger partial charge is 0.396 e. The third-order valence-corrected chi connectivity index (χ3v) is 2.90. The highest BCUT2D eigenvalue weighted by atomic mass is 35.5. The number of carboxylic acid groups (broad SMARTS) is 1. The Labute approximate surface area is 125 Å². The van der Waals surface area contributed by atoms with Gasteiger partial charge in [0.05, 0.1) is 10.6 Å². The molecule has 3 N–H and O–H groups in total. The molecule has 8 nitrogen and oxygen atoms in total. The largest absolute Gasteiger partial charge is 0.474 e. The Morgan fingerprint density at radius 2 is 2.10 bits per heavy atom. The van der Waals surface area contributed by atoms with Gasteiger partial charge in [-0.1, -0.05) is 24.3 Å². The molecule has 9 heteroatoms. The number of halogens is 1. The minimum atomic E-state index is -1.71. The molecule has 0 aromatic carbocycles. The van der Waals surface area contributed by atoms with E-state index in [0.717, 1.165) is 0 Å². The summed E-state index contributed by atoms with van der Waals surface area (Å²) in [4.78, 5) is 37.6. The van der Waals surface area contributed by atoms with Gasteiger partial charge in [0, 0.05) is 25.9 Å². The van der Waals surface area contributed by atoms with E-state index >= 15 is 0 Å². The molecule has 0 aliphatic rings. The summed E-state index contributed by atoms with van der Waals surface area (Å²) in [7, 11) is 2.82. The van der Waals surface area contributed by atoms with Gasteiger partial charge in [-0.25, -0.2) is 9.78 Å². The fourth-order valence-corrected chi connectivity index (χ4v) is 1.77. The van der Waals surface area contributed by atoms with Gasteiger partial charge >= 0.3 is 11.9 Å². The molecule has 0 fully saturated rings. The molecule has 1 heterocycles. The zero-order valence-electron chi connectivity index (χ0n) is 11.3. The zero-order chi connectivity index (χ0) is 16.2. The molecule has 0 aliphatic carbocycles. The Morgan fingerprint density at radius 3 is 2.57 bits per heavy atom. The highest BCUT2D eigenvalue weighted by molar-refractivity contribution is 6.36. The second-order valence-electron chi connectivity index (χ2n) is 3.81. The Hall–Kier alpha value is -2.61. The quantitative estimate of drug-likeness (QED) is 0.557. The molecule has 1 aromatic rings. The van der Waals surface area contributed by atoms with Gasteiger partial charge in [-0.15, -0.1) is 0 Å². The number of carboxylic acids is 1. The second kappa shape index (κ2) is 6.71. The number of rotatable bonds is 3. The molecule has 112 valence electrons. The Bertz CT molecular complexity index is 618. The van der Waals surface area contributed by atoms with Crippen LogP contribution in [0.5, 0.6) is 0 Å². The summed E-state index contributed by atoms with van der Waals surface area (Å²) in [5.41, 5.74) is 2.31. The predicted molar refractivity (Wildman–Crippen MR) is 76.8 cm³/mol. The van der Waals surface area contributed by atoms with Crippen LogP contribution in [0.25, 0.3) is 6.08 Å². The fraction of sp³-hybridized carbons (Fsp3) is 0.167. The molecule has 2 amide bonds. The molecule has 0 saturated heterocycles. The number of nitrogens with one attached hydrogen (secondary N) is 2. The van der Waals surface area contributed by atoms with Crippen molar-refractivity contribution in [1.29, 1.82) is 0 Å². The van der Waals surface area contributed by atoms with Gasteiger partial charge in [0.25, 0.3) is 5.91 Å². The number of carbonyl (C=O) groups excluding carboxylic acids is 2. The zero-order valence-corrected chi connectivity index (χ0v) is 12.1. The summed E-state index contributed by atoms with van der Waals surface area (Å²) in [6.07, 6.45) is 2.64. The number of hydrazine groups is 1. The monoisotopic (exact) mass is 312 g/mol. The average molecular weight is 313 g/mol. The summed E-state index contributed by atoms with van der Waals surface area (Å²) in [5.74, 6) is -3.33. The molecule has 0 bridgehead atoms. The first-order valence-corrected chi connectivity index (χ1v) is 6.01. The number of anilines is 1. The molecular formula is C12H13ClN4O4. The van der Waals surface area contributed by atoms with Crippen molar-refractivity contribution in [3.05, 3.63) is 28.9 Å². The number of hydrogen-bond acceptors (Lipinski definition) is 5. The maximum absolute atomic E-state index is 12.1. The number of hydrogen-bond donors (Lipinski definition) is 3. The van der Waals surface area contributed by atoms with Crippen LogP contribution in [0.4, 0.5) is 5.82 Å². The van der Waals surface area contributed by atoms with Crippen LogP contribution in [0.1, 0.15) is 15.9 Å². The topological polar surface area (TPSA) is 112 Å². The Morgan fingerprint density at radius 1 is 1.48 bits per heavy atom. The number of aromatic nitrogens is 1. The van der Waals surface area contributed by atoms with Crippen molar-refractivity contribution in [2.75, 3.05) is 19.4 Å². The van der Waals surface area contributed by atoms with Crippen LogP contribution in [-0.2, 0) is 9.59 Å². The van der Waals surface area contributed by atoms with Gasteiger partial charge in [-0.05, 0) is 0 Å². The van der Waals surface area contributed by atoms with E-state index in [-0.39, 0.29) is 10.6 Å². The molecule has 0 unspecified atom stereocenters. The van der Waals surface area contributed by atoms with Crippen LogP contribution in [0, 0.1) is 0 Å². The molecule has 21 heavy (non-hydrogen) atoms. The van der Waals surface area contributed by atoms with Crippen molar-refractivity contribution in [3.8, 4) is 0 Å². The predicted octanol–water partition coefficient (Wildman–Crippen LogP) is 0.607. The fourth-order valence-electron chi connectivity index (χ4n) is 1.47. The Kier molecular flexibility index (Phi) is 5.25. The summed E-state index contributed by atoms with van der Waals surface area (Å²) in [5, 5.41) is 12.1. The van der Waals surface area contributed by atoms with Crippen LogP contribution < -0.4 is 10.7 Å². The lowest BCUT2D eigenvalue weighted by molar-refractivity contribution is -0.151. The molecule has 1 rings (SSSR count). The molecular weight excluding hydrogens is 300 g/mol. The third kappa shape index (κ3) is 3.48. The maximum atomic E-state index is 12.1.